The Kier molecular flexibility index (Phi) is 2.34. The summed E-state index contributed by atoms with van der Waals surface area (Å²) >= 11 is 0. The number of nitrogens with two attached hydrogens (primary N) is 2. The fraction of sp³-hybridized carbons (Fsp3) is 0.0769. The lowest BCUT2D eigenvalue weighted by Crippen LogP contribution is -1.94. The summed E-state index contributed by atoms with van der Waals surface area (Å²) in [5.41, 5.74) is 16.2. The number of benzene rings is 2. The first-order valence-corrected chi connectivity index (χ1v) is 4.89. The molecule has 0 saturated heterocycles. The van der Waals surface area contributed by atoms with Gasteiger partial charge in [-0.3, -0.25) is 0 Å². The van der Waals surface area contributed by atoms with E-state index < -0.39 is 0 Å². The Morgan fingerprint density at radius 3 is 2.20 bits per heavy atom. The second kappa shape index (κ2) is 3.65. The first-order valence-electron chi connectivity index (χ1n) is 4.89. The van der Waals surface area contributed by atoms with E-state index in [1.807, 2.05) is 24.3 Å². The number of hydrogen-bond acceptors (Lipinski definition) is 2. The van der Waals surface area contributed by atoms with Crippen LogP contribution < -0.4 is 11.5 Å². The van der Waals surface area contributed by atoms with Gasteiger partial charge in [0.25, 0.3) is 0 Å². The summed E-state index contributed by atoms with van der Waals surface area (Å²) < 4.78 is 0. The molecule has 0 saturated carbocycles. The lowest BCUT2D eigenvalue weighted by Gasteiger charge is -2.05. The molecule has 0 aliphatic carbocycles. The maximum Gasteiger partial charge on any atom is 0.0554 e. The van der Waals surface area contributed by atoms with Crippen LogP contribution in [0.25, 0.3) is 11.1 Å². The molecule has 4 N–H and O–H groups in total. The molecule has 0 aliphatic heterocycles. The molecule has 2 aromatic rings. The van der Waals surface area contributed by atoms with Crippen molar-refractivity contribution in [2.45, 2.75) is 6.92 Å². The highest BCUT2D eigenvalue weighted by Crippen LogP contribution is 2.25. The number of nitrogen functional groups attached to an aromatic ring is 2. The van der Waals surface area contributed by atoms with Crippen molar-refractivity contribution < 1.29 is 0 Å². The SMILES string of the molecule is Cc1cccc(-c2ccc(N)c(N)c2)c1. The van der Waals surface area contributed by atoms with Gasteiger partial charge in [-0.05, 0) is 30.2 Å². The number of hydrogen-bond donors (Lipinski definition) is 2. The Morgan fingerprint density at radius 1 is 0.800 bits per heavy atom. The van der Waals surface area contributed by atoms with Gasteiger partial charge in [0.05, 0.1) is 11.4 Å². The molecule has 0 heterocycles. The molecule has 0 unspecified atom stereocenters. The van der Waals surface area contributed by atoms with E-state index in [4.69, 9.17) is 11.5 Å². The molecule has 0 amide bonds. The van der Waals surface area contributed by atoms with Crippen LogP contribution in [0.3, 0.4) is 0 Å². The van der Waals surface area contributed by atoms with Crippen LogP contribution in [0.4, 0.5) is 11.4 Å². The summed E-state index contributed by atoms with van der Waals surface area (Å²) in [6.07, 6.45) is 0. The highest BCUT2D eigenvalue weighted by molar-refractivity contribution is 5.74. The molecule has 0 spiro atoms. The zero-order valence-corrected chi connectivity index (χ0v) is 8.70. The summed E-state index contributed by atoms with van der Waals surface area (Å²) in [5, 5.41) is 0. The molecule has 2 rings (SSSR count). The smallest absolute Gasteiger partial charge is 0.0554 e. The third-order valence-corrected chi connectivity index (χ3v) is 2.44. The number of anilines is 2. The molecule has 0 radical (unpaired) electrons. The Labute approximate surface area is 89.5 Å². The predicted molar refractivity (Wildman–Crippen MR) is 65.4 cm³/mol. The fourth-order valence-corrected chi connectivity index (χ4v) is 1.58. The summed E-state index contributed by atoms with van der Waals surface area (Å²) in [6, 6.07) is 14.0. The Hall–Kier alpha value is -1.96. The van der Waals surface area contributed by atoms with E-state index in [9.17, 15) is 0 Å². The lowest BCUT2D eigenvalue weighted by molar-refractivity contribution is 1.47. The summed E-state index contributed by atoms with van der Waals surface area (Å²) in [6.45, 7) is 2.07. The van der Waals surface area contributed by atoms with Crippen LogP contribution in [0, 0.1) is 6.92 Å². The lowest BCUT2D eigenvalue weighted by atomic mass is 10.0. The summed E-state index contributed by atoms with van der Waals surface area (Å²) in [5.74, 6) is 0. The average Bonchev–Trinajstić information content (AvgIpc) is 2.22. The van der Waals surface area contributed by atoms with Gasteiger partial charge in [-0.2, -0.15) is 0 Å². The van der Waals surface area contributed by atoms with Crippen LogP contribution in [0.1, 0.15) is 5.56 Å². The molecular weight excluding hydrogens is 184 g/mol. The molecular formula is C13H14N2. The van der Waals surface area contributed by atoms with E-state index in [0.717, 1.165) is 5.56 Å². The monoisotopic (exact) mass is 198 g/mol. The van der Waals surface area contributed by atoms with Crippen molar-refractivity contribution >= 4 is 11.4 Å². The quantitative estimate of drug-likeness (QED) is 0.692. The molecule has 0 bridgehead atoms. The zero-order chi connectivity index (χ0) is 10.8. The largest absolute Gasteiger partial charge is 0.397 e. The molecule has 15 heavy (non-hydrogen) atoms. The predicted octanol–water partition coefficient (Wildman–Crippen LogP) is 2.83. The minimum atomic E-state index is 0.631. The van der Waals surface area contributed by atoms with Gasteiger partial charge < -0.3 is 11.5 Å². The third-order valence-electron chi connectivity index (χ3n) is 2.44. The van der Waals surface area contributed by atoms with E-state index >= 15 is 0 Å². The van der Waals surface area contributed by atoms with E-state index in [0.29, 0.717) is 11.4 Å². The first kappa shape index (κ1) is 9.59. The second-order valence-electron chi connectivity index (χ2n) is 3.71. The third kappa shape index (κ3) is 1.94. The highest BCUT2D eigenvalue weighted by Gasteiger charge is 2.00. The van der Waals surface area contributed by atoms with Gasteiger partial charge in [0.2, 0.25) is 0 Å². The van der Waals surface area contributed by atoms with E-state index in [1.165, 1.54) is 11.1 Å². The van der Waals surface area contributed by atoms with Crippen LogP contribution in [0.5, 0.6) is 0 Å². The Balaban J connectivity index is 2.50. The van der Waals surface area contributed by atoms with E-state index in [2.05, 4.69) is 25.1 Å². The normalized spacial score (nSPS) is 10.2. The molecule has 2 heteroatoms. The maximum absolute atomic E-state index is 5.77. The second-order valence-corrected chi connectivity index (χ2v) is 3.71. The van der Waals surface area contributed by atoms with Gasteiger partial charge in [-0.1, -0.05) is 35.9 Å². The van der Waals surface area contributed by atoms with Crippen LogP contribution in [0.2, 0.25) is 0 Å². The van der Waals surface area contributed by atoms with Crippen LogP contribution in [0.15, 0.2) is 42.5 Å². The van der Waals surface area contributed by atoms with E-state index in [1.54, 1.807) is 0 Å². The van der Waals surface area contributed by atoms with Gasteiger partial charge in [-0.15, -0.1) is 0 Å². The molecule has 2 nitrogen and oxygen atoms in total. The van der Waals surface area contributed by atoms with Crippen molar-refractivity contribution in [2.75, 3.05) is 11.5 Å². The topological polar surface area (TPSA) is 52.0 Å². The van der Waals surface area contributed by atoms with Crippen LogP contribution >= 0.6 is 0 Å². The zero-order valence-electron chi connectivity index (χ0n) is 8.70. The molecule has 0 fully saturated rings. The van der Waals surface area contributed by atoms with Crippen LogP contribution in [-0.4, -0.2) is 0 Å². The molecule has 0 aromatic heterocycles. The first-order chi connectivity index (χ1) is 7.16. The van der Waals surface area contributed by atoms with Gasteiger partial charge in [0.1, 0.15) is 0 Å². The van der Waals surface area contributed by atoms with Crippen molar-refractivity contribution in [2.24, 2.45) is 0 Å². The maximum atomic E-state index is 5.77. The molecule has 0 atom stereocenters. The standard InChI is InChI=1S/C13H14N2/c1-9-3-2-4-10(7-9)11-5-6-12(14)13(15)8-11/h2-8H,14-15H2,1H3. The molecule has 2 aromatic carbocycles. The minimum absolute atomic E-state index is 0.631. The summed E-state index contributed by atoms with van der Waals surface area (Å²) in [7, 11) is 0. The van der Waals surface area contributed by atoms with Gasteiger partial charge in [0.15, 0.2) is 0 Å². The average molecular weight is 198 g/mol. The molecule has 0 aliphatic rings. The van der Waals surface area contributed by atoms with Crippen molar-refractivity contribution in [3.63, 3.8) is 0 Å². The Bertz CT molecular complexity index is 490. The van der Waals surface area contributed by atoms with Crippen LogP contribution in [-0.2, 0) is 0 Å². The van der Waals surface area contributed by atoms with Crippen molar-refractivity contribution in [3.05, 3.63) is 48.0 Å². The number of rotatable bonds is 1. The summed E-state index contributed by atoms with van der Waals surface area (Å²) in [4.78, 5) is 0. The van der Waals surface area contributed by atoms with Gasteiger partial charge in [-0.25, -0.2) is 0 Å². The minimum Gasteiger partial charge on any atom is -0.397 e. The highest BCUT2D eigenvalue weighted by atomic mass is 14.7. The van der Waals surface area contributed by atoms with Crippen molar-refractivity contribution in [1.29, 1.82) is 0 Å². The number of aryl methyl sites for hydroxylation is 1. The van der Waals surface area contributed by atoms with Crippen molar-refractivity contribution in [3.8, 4) is 11.1 Å². The van der Waals surface area contributed by atoms with Gasteiger partial charge in [0, 0.05) is 0 Å². The Morgan fingerprint density at radius 2 is 1.53 bits per heavy atom. The fourth-order valence-electron chi connectivity index (χ4n) is 1.58. The van der Waals surface area contributed by atoms with Gasteiger partial charge >= 0.3 is 0 Å². The molecule has 76 valence electrons. The van der Waals surface area contributed by atoms with Crippen molar-refractivity contribution in [1.82, 2.24) is 0 Å². The van der Waals surface area contributed by atoms with E-state index in [-0.39, 0.29) is 0 Å².